The van der Waals surface area contributed by atoms with Crippen molar-refractivity contribution >= 4 is 15.9 Å². The van der Waals surface area contributed by atoms with Gasteiger partial charge < -0.3 is 10.1 Å². The fourth-order valence-corrected chi connectivity index (χ4v) is 2.90. The number of rotatable bonds is 5. The van der Waals surface area contributed by atoms with Crippen molar-refractivity contribution < 1.29 is 9.13 Å². The third-order valence-electron chi connectivity index (χ3n) is 3.55. The number of ether oxygens (including phenoxy) is 1. The molecule has 0 amide bonds. The SMILES string of the molecule is COc1ccc(C(C)N[C@H](C)c2ccccc2F)cc1Br. The molecule has 0 saturated carbocycles. The normalized spacial score (nSPS) is 13.8. The summed E-state index contributed by atoms with van der Waals surface area (Å²) in [6, 6.07) is 12.8. The van der Waals surface area contributed by atoms with Gasteiger partial charge in [-0.05, 0) is 53.5 Å². The molecule has 0 aliphatic rings. The van der Waals surface area contributed by atoms with Crippen LogP contribution in [-0.2, 0) is 0 Å². The summed E-state index contributed by atoms with van der Waals surface area (Å²) < 4.78 is 19.9. The van der Waals surface area contributed by atoms with E-state index in [2.05, 4.69) is 28.2 Å². The first-order valence-corrected chi connectivity index (χ1v) is 7.66. The molecule has 0 radical (unpaired) electrons. The zero-order valence-electron chi connectivity index (χ0n) is 12.4. The Morgan fingerprint density at radius 2 is 1.81 bits per heavy atom. The lowest BCUT2D eigenvalue weighted by molar-refractivity contribution is 0.411. The lowest BCUT2D eigenvalue weighted by atomic mass is 10.0. The summed E-state index contributed by atoms with van der Waals surface area (Å²) in [6.45, 7) is 4.03. The highest BCUT2D eigenvalue weighted by Crippen LogP contribution is 2.29. The predicted octanol–water partition coefficient (Wildman–Crippen LogP) is 5.01. The number of benzene rings is 2. The molecule has 0 aromatic heterocycles. The highest BCUT2D eigenvalue weighted by molar-refractivity contribution is 9.10. The topological polar surface area (TPSA) is 21.3 Å². The van der Waals surface area contributed by atoms with Gasteiger partial charge in [-0.1, -0.05) is 24.3 Å². The largest absolute Gasteiger partial charge is 0.496 e. The Balaban J connectivity index is 2.12. The molecule has 2 aromatic carbocycles. The average molecular weight is 352 g/mol. The first-order chi connectivity index (χ1) is 10.0. The Morgan fingerprint density at radius 3 is 2.43 bits per heavy atom. The molecule has 0 aliphatic carbocycles. The lowest BCUT2D eigenvalue weighted by Crippen LogP contribution is -2.23. The molecule has 21 heavy (non-hydrogen) atoms. The van der Waals surface area contributed by atoms with Crippen molar-refractivity contribution in [2.24, 2.45) is 0 Å². The maximum atomic E-state index is 13.8. The van der Waals surface area contributed by atoms with Crippen LogP contribution < -0.4 is 10.1 Å². The summed E-state index contributed by atoms with van der Waals surface area (Å²) >= 11 is 3.49. The van der Waals surface area contributed by atoms with Gasteiger partial charge in [-0.2, -0.15) is 0 Å². The first-order valence-electron chi connectivity index (χ1n) is 6.87. The zero-order valence-corrected chi connectivity index (χ0v) is 13.9. The van der Waals surface area contributed by atoms with Crippen LogP contribution in [0.3, 0.4) is 0 Å². The van der Waals surface area contributed by atoms with Crippen molar-refractivity contribution in [1.29, 1.82) is 0 Å². The van der Waals surface area contributed by atoms with Gasteiger partial charge in [-0.3, -0.25) is 0 Å². The summed E-state index contributed by atoms with van der Waals surface area (Å²) in [5.74, 6) is 0.619. The zero-order chi connectivity index (χ0) is 15.4. The predicted molar refractivity (Wildman–Crippen MR) is 87.1 cm³/mol. The van der Waals surface area contributed by atoms with Crippen molar-refractivity contribution in [3.8, 4) is 5.75 Å². The van der Waals surface area contributed by atoms with Crippen LogP contribution in [0.25, 0.3) is 0 Å². The van der Waals surface area contributed by atoms with E-state index in [1.54, 1.807) is 13.2 Å². The smallest absolute Gasteiger partial charge is 0.133 e. The molecule has 0 bridgehead atoms. The fourth-order valence-electron chi connectivity index (χ4n) is 2.34. The number of hydrogen-bond donors (Lipinski definition) is 1. The minimum Gasteiger partial charge on any atom is -0.496 e. The Hall–Kier alpha value is -1.39. The van der Waals surface area contributed by atoms with Crippen molar-refractivity contribution in [1.82, 2.24) is 5.32 Å². The molecule has 1 N–H and O–H groups in total. The Kier molecular flexibility index (Phi) is 5.37. The molecular formula is C17H19BrFNO. The van der Waals surface area contributed by atoms with Gasteiger partial charge in [0, 0.05) is 17.6 Å². The summed E-state index contributed by atoms with van der Waals surface area (Å²) in [5.41, 5.74) is 1.79. The van der Waals surface area contributed by atoms with Crippen LogP contribution in [0.1, 0.15) is 37.1 Å². The Labute approximate surface area is 133 Å². The number of hydrogen-bond acceptors (Lipinski definition) is 2. The van der Waals surface area contributed by atoms with E-state index < -0.39 is 0 Å². The molecular weight excluding hydrogens is 333 g/mol. The summed E-state index contributed by atoms with van der Waals surface area (Å²) in [4.78, 5) is 0. The molecule has 2 nitrogen and oxygen atoms in total. The Bertz CT molecular complexity index is 617. The van der Waals surface area contributed by atoms with Crippen LogP contribution in [-0.4, -0.2) is 7.11 Å². The van der Waals surface area contributed by atoms with E-state index in [0.717, 1.165) is 15.8 Å². The monoisotopic (exact) mass is 351 g/mol. The van der Waals surface area contributed by atoms with Crippen molar-refractivity contribution in [3.05, 3.63) is 63.9 Å². The number of halogens is 2. The lowest BCUT2D eigenvalue weighted by Gasteiger charge is -2.21. The quantitative estimate of drug-likeness (QED) is 0.817. The molecule has 4 heteroatoms. The standard InChI is InChI=1S/C17H19BrFNO/c1-11(13-8-9-17(21-3)15(18)10-13)20-12(2)14-6-4-5-7-16(14)19/h4-12,20H,1-3H3/t11?,12-/m1/s1. The third-order valence-corrected chi connectivity index (χ3v) is 4.17. The van der Waals surface area contributed by atoms with Gasteiger partial charge in [-0.25, -0.2) is 4.39 Å². The van der Waals surface area contributed by atoms with Gasteiger partial charge in [0.1, 0.15) is 11.6 Å². The van der Waals surface area contributed by atoms with Gasteiger partial charge in [0.25, 0.3) is 0 Å². The van der Waals surface area contributed by atoms with Gasteiger partial charge in [0.2, 0.25) is 0 Å². The van der Waals surface area contributed by atoms with E-state index in [0.29, 0.717) is 5.56 Å². The molecule has 112 valence electrons. The molecule has 2 rings (SSSR count). The second kappa shape index (κ2) is 7.05. The van der Waals surface area contributed by atoms with E-state index in [4.69, 9.17) is 4.74 Å². The second-order valence-corrected chi connectivity index (χ2v) is 5.88. The van der Waals surface area contributed by atoms with Gasteiger partial charge >= 0.3 is 0 Å². The van der Waals surface area contributed by atoms with Crippen LogP contribution in [0.15, 0.2) is 46.9 Å². The van der Waals surface area contributed by atoms with E-state index in [9.17, 15) is 4.39 Å². The van der Waals surface area contributed by atoms with Gasteiger partial charge in [0.05, 0.1) is 11.6 Å². The maximum Gasteiger partial charge on any atom is 0.133 e. The van der Waals surface area contributed by atoms with Crippen molar-refractivity contribution in [2.45, 2.75) is 25.9 Å². The third kappa shape index (κ3) is 3.83. The highest BCUT2D eigenvalue weighted by atomic mass is 79.9. The minimum absolute atomic E-state index is 0.0675. The Morgan fingerprint density at radius 1 is 1.10 bits per heavy atom. The molecule has 0 heterocycles. The van der Waals surface area contributed by atoms with Crippen molar-refractivity contribution in [2.75, 3.05) is 7.11 Å². The molecule has 0 fully saturated rings. The van der Waals surface area contributed by atoms with E-state index in [1.165, 1.54) is 6.07 Å². The summed E-state index contributed by atoms with van der Waals surface area (Å²) in [5, 5.41) is 3.42. The fraction of sp³-hybridized carbons (Fsp3) is 0.294. The maximum absolute atomic E-state index is 13.8. The average Bonchev–Trinajstić information content (AvgIpc) is 2.47. The van der Waals surface area contributed by atoms with Crippen LogP contribution in [0, 0.1) is 5.82 Å². The van der Waals surface area contributed by atoms with Crippen molar-refractivity contribution in [3.63, 3.8) is 0 Å². The van der Waals surface area contributed by atoms with E-state index in [-0.39, 0.29) is 17.9 Å². The highest BCUT2D eigenvalue weighted by Gasteiger charge is 2.15. The number of methoxy groups -OCH3 is 1. The van der Waals surface area contributed by atoms with Crippen LogP contribution in [0.2, 0.25) is 0 Å². The summed E-state index contributed by atoms with van der Waals surface area (Å²) in [7, 11) is 1.64. The van der Waals surface area contributed by atoms with Crippen LogP contribution >= 0.6 is 15.9 Å². The molecule has 2 atom stereocenters. The van der Waals surface area contributed by atoms with Crippen LogP contribution in [0.4, 0.5) is 4.39 Å². The van der Waals surface area contributed by atoms with E-state index in [1.807, 2.05) is 37.3 Å². The molecule has 0 spiro atoms. The van der Waals surface area contributed by atoms with Crippen LogP contribution in [0.5, 0.6) is 5.75 Å². The van der Waals surface area contributed by atoms with Gasteiger partial charge in [-0.15, -0.1) is 0 Å². The molecule has 0 aliphatic heterocycles. The molecule has 2 aromatic rings. The summed E-state index contributed by atoms with van der Waals surface area (Å²) in [6.07, 6.45) is 0. The second-order valence-electron chi connectivity index (χ2n) is 5.03. The molecule has 1 unspecified atom stereocenters. The van der Waals surface area contributed by atoms with Gasteiger partial charge in [0.15, 0.2) is 0 Å². The van der Waals surface area contributed by atoms with E-state index >= 15 is 0 Å². The minimum atomic E-state index is -0.180. The number of nitrogens with one attached hydrogen (secondary N) is 1. The molecule has 0 saturated heterocycles. The first kappa shape index (κ1) is 16.0.